The molecule has 1 aliphatic rings. The van der Waals surface area contributed by atoms with Crippen molar-refractivity contribution in [2.24, 2.45) is 10.4 Å². The second-order valence-electron chi connectivity index (χ2n) is 6.96. The van der Waals surface area contributed by atoms with E-state index in [1.165, 1.54) is 9.75 Å². The highest BCUT2D eigenvalue weighted by Crippen LogP contribution is 2.38. The second kappa shape index (κ2) is 11.1. The standard InChI is InChI=1S/C19H32N4OS.HI/c1-5-15-9-10-16(25-15)13-21-18(20-6-2)22-14-19(11-7-8-12-19)17(24)23(3)4;/h9-10H,5-8,11-14H2,1-4H3,(H2,20,21,22);1H. The molecule has 2 rings (SSSR count). The first-order chi connectivity index (χ1) is 12.0. The summed E-state index contributed by atoms with van der Waals surface area (Å²) in [6.07, 6.45) is 5.25. The lowest BCUT2D eigenvalue weighted by molar-refractivity contribution is -0.138. The maximum Gasteiger partial charge on any atom is 0.230 e. The largest absolute Gasteiger partial charge is 0.357 e. The molecule has 26 heavy (non-hydrogen) atoms. The fourth-order valence-corrected chi connectivity index (χ4v) is 4.32. The van der Waals surface area contributed by atoms with Crippen LogP contribution in [0.4, 0.5) is 0 Å². The number of carbonyl (C=O) groups is 1. The third-order valence-corrected chi connectivity index (χ3v) is 6.03. The van der Waals surface area contributed by atoms with Crippen molar-refractivity contribution in [3.05, 3.63) is 21.9 Å². The van der Waals surface area contributed by atoms with Crippen molar-refractivity contribution >= 4 is 47.2 Å². The third-order valence-electron chi connectivity index (χ3n) is 4.82. The summed E-state index contributed by atoms with van der Waals surface area (Å²) < 4.78 is 0. The smallest absolute Gasteiger partial charge is 0.230 e. The summed E-state index contributed by atoms with van der Waals surface area (Å²) in [5.41, 5.74) is -0.280. The van der Waals surface area contributed by atoms with Gasteiger partial charge in [0.1, 0.15) is 0 Å². The molecular formula is C19H33IN4OS. The van der Waals surface area contributed by atoms with Crippen LogP contribution in [-0.4, -0.2) is 44.0 Å². The summed E-state index contributed by atoms with van der Waals surface area (Å²) in [6, 6.07) is 4.34. The zero-order chi connectivity index (χ0) is 18.3. The fraction of sp³-hybridized carbons (Fsp3) is 0.684. The average molecular weight is 492 g/mol. The first-order valence-corrected chi connectivity index (χ1v) is 10.1. The van der Waals surface area contributed by atoms with E-state index in [0.717, 1.165) is 44.6 Å². The Kier molecular flexibility index (Phi) is 9.92. The lowest BCUT2D eigenvalue weighted by atomic mass is 9.84. The number of nitrogens with one attached hydrogen (secondary N) is 2. The molecule has 1 aromatic heterocycles. The second-order valence-corrected chi connectivity index (χ2v) is 8.21. The van der Waals surface area contributed by atoms with E-state index in [-0.39, 0.29) is 35.3 Å². The highest BCUT2D eigenvalue weighted by Gasteiger charge is 2.42. The van der Waals surface area contributed by atoms with Gasteiger partial charge in [-0.3, -0.25) is 4.79 Å². The van der Waals surface area contributed by atoms with Gasteiger partial charge in [0.15, 0.2) is 5.96 Å². The van der Waals surface area contributed by atoms with E-state index in [0.29, 0.717) is 13.1 Å². The first-order valence-electron chi connectivity index (χ1n) is 9.32. The number of aryl methyl sites for hydroxylation is 1. The van der Waals surface area contributed by atoms with Crippen LogP contribution in [-0.2, 0) is 17.8 Å². The van der Waals surface area contributed by atoms with Crippen LogP contribution >= 0.6 is 35.3 Å². The summed E-state index contributed by atoms with van der Waals surface area (Å²) in [4.78, 5) is 21.8. The minimum atomic E-state index is -0.280. The topological polar surface area (TPSA) is 56.7 Å². The quantitative estimate of drug-likeness (QED) is 0.347. The van der Waals surface area contributed by atoms with Gasteiger partial charge >= 0.3 is 0 Å². The molecule has 1 heterocycles. The maximum absolute atomic E-state index is 12.7. The average Bonchev–Trinajstić information content (AvgIpc) is 3.26. The lowest BCUT2D eigenvalue weighted by Gasteiger charge is -2.31. The molecule has 0 atom stereocenters. The van der Waals surface area contributed by atoms with Gasteiger partial charge in [-0.1, -0.05) is 19.8 Å². The minimum absolute atomic E-state index is 0. The van der Waals surface area contributed by atoms with Crippen LogP contribution in [0, 0.1) is 5.41 Å². The predicted molar refractivity (Wildman–Crippen MR) is 122 cm³/mol. The van der Waals surface area contributed by atoms with Crippen LogP contribution < -0.4 is 10.6 Å². The number of nitrogens with zero attached hydrogens (tertiary/aromatic N) is 2. The molecule has 0 spiro atoms. The molecule has 1 amide bonds. The van der Waals surface area contributed by atoms with Crippen molar-refractivity contribution in [3.8, 4) is 0 Å². The number of hydrogen-bond acceptors (Lipinski definition) is 3. The van der Waals surface area contributed by atoms with Gasteiger partial charge in [-0.25, -0.2) is 4.99 Å². The Balaban J connectivity index is 0.00000338. The molecule has 0 radical (unpaired) electrons. The number of aliphatic imine (C=N–C) groups is 1. The normalized spacial score (nSPS) is 16.1. The number of guanidine groups is 1. The van der Waals surface area contributed by atoms with Gasteiger partial charge in [-0.05, 0) is 38.3 Å². The predicted octanol–water partition coefficient (Wildman–Crippen LogP) is 3.63. The van der Waals surface area contributed by atoms with Crippen molar-refractivity contribution in [2.75, 3.05) is 27.2 Å². The van der Waals surface area contributed by atoms with E-state index in [2.05, 4.69) is 36.6 Å². The van der Waals surface area contributed by atoms with Crippen LogP contribution in [0.5, 0.6) is 0 Å². The number of hydrogen-bond donors (Lipinski definition) is 2. The molecule has 1 aromatic rings. The molecule has 7 heteroatoms. The van der Waals surface area contributed by atoms with Crippen molar-refractivity contribution in [1.29, 1.82) is 0 Å². The van der Waals surface area contributed by atoms with Gasteiger partial charge in [0.05, 0.1) is 12.0 Å². The molecule has 0 aliphatic heterocycles. The van der Waals surface area contributed by atoms with Gasteiger partial charge in [0, 0.05) is 36.9 Å². The van der Waals surface area contributed by atoms with E-state index >= 15 is 0 Å². The van der Waals surface area contributed by atoms with E-state index in [9.17, 15) is 4.79 Å². The highest BCUT2D eigenvalue weighted by molar-refractivity contribution is 14.0. The number of carbonyl (C=O) groups excluding carboxylic acids is 1. The van der Waals surface area contributed by atoms with Crippen LogP contribution in [0.25, 0.3) is 0 Å². The van der Waals surface area contributed by atoms with Crippen molar-refractivity contribution < 1.29 is 4.79 Å². The van der Waals surface area contributed by atoms with E-state index in [1.807, 2.05) is 25.4 Å². The molecule has 1 saturated carbocycles. The van der Waals surface area contributed by atoms with E-state index in [4.69, 9.17) is 4.99 Å². The van der Waals surface area contributed by atoms with Crippen LogP contribution in [0.3, 0.4) is 0 Å². The van der Waals surface area contributed by atoms with Crippen LogP contribution in [0.1, 0.15) is 49.3 Å². The molecule has 1 aliphatic carbocycles. The number of thiophene rings is 1. The monoisotopic (exact) mass is 492 g/mol. The van der Waals surface area contributed by atoms with Gasteiger partial charge in [-0.2, -0.15) is 0 Å². The fourth-order valence-electron chi connectivity index (χ4n) is 3.44. The van der Waals surface area contributed by atoms with Crippen LogP contribution in [0.2, 0.25) is 0 Å². The molecule has 0 bridgehead atoms. The van der Waals surface area contributed by atoms with Crippen molar-refractivity contribution in [2.45, 2.75) is 52.5 Å². The summed E-state index contributed by atoms with van der Waals surface area (Å²) in [6.45, 7) is 6.38. The summed E-state index contributed by atoms with van der Waals surface area (Å²) >= 11 is 1.82. The highest BCUT2D eigenvalue weighted by atomic mass is 127. The SMILES string of the molecule is CCNC(=NCc1ccc(CC)s1)NCC1(C(=O)N(C)C)CCCC1.I. The molecule has 2 N–H and O–H groups in total. The molecule has 0 unspecified atom stereocenters. The molecule has 148 valence electrons. The maximum atomic E-state index is 12.7. The Morgan fingerprint density at radius 3 is 2.38 bits per heavy atom. The first kappa shape index (κ1) is 23.2. The van der Waals surface area contributed by atoms with Gasteiger partial charge in [-0.15, -0.1) is 35.3 Å². The Morgan fingerprint density at radius 2 is 1.85 bits per heavy atom. The van der Waals surface area contributed by atoms with Crippen molar-refractivity contribution in [3.63, 3.8) is 0 Å². The minimum Gasteiger partial charge on any atom is -0.357 e. The van der Waals surface area contributed by atoms with E-state index < -0.39 is 0 Å². The number of rotatable bonds is 7. The molecular weight excluding hydrogens is 459 g/mol. The molecule has 5 nitrogen and oxygen atoms in total. The number of amides is 1. The third kappa shape index (κ3) is 6.11. The van der Waals surface area contributed by atoms with E-state index in [1.54, 1.807) is 4.90 Å². The van der Waals surface area contributed by atoms with Crippen molar-refractivity contribution in [1.82, 2.24) is 15.5 Å². The zero-order valence-corrected chi connectivity index (χ0v) is 19.6. The lowest BCUT2D eigenvalue weighted by Crippen LogP contribution is -2.49. The van der Waals surface area contributed by atoms with Crippen LogP contribution in [0.15, 0.2) is 17.1 Å². The molecule has 1 fully saturated rings. The Hall–Kier alpha value is -0.830. The summed E-state index contributed by atoms with van der Waals surface area (Å²) in [7, 11) is 3.70. The van der Waals surface area contributed by atoms with Gasteiger partial charge in [0.2, 0.25) is 5.91 Å². The summed E-state index contributed by atoms with van der Waals surface area (Å²) in [5, 5.41) is 6.73. The Labute approximate surface area is 179 Å². The zero-order valence-electron chi connectivity index (χ0n) is 16.4. The van der Waals surface area contributed by atoms with Gasteiger partial charge in [0.25, 0.3) is 0 Å². The Bertz CT molecular complexity index is 594. The number of halogens is 1. The van der Waals surface area contributed by atoms with Gasteiger partial charge < -0.3 is 15.5 Å². The summed E-state index contributed by atoms with van der Waals surface area (Å²) in [5.74, 6) is 1.03. The Morgan fingerprint density at radius 1 is 1.19 bits per heavy atom. The molecule has 0 aromatic carbocycles. The molecule has 0 saturated heterocycles.